The van der Waals surface area contributed by atoms with Crippen LogP contribution in [0.4, 0.5) is 0 Å². The summed E-state index contributed by atoms with van der Waals surface area (Å²) in [5.74, 6) is -2.77. The van der Waals surface area contributed by atoms with Crippen molar-refractivity contribution in [2.75, 3.05) is 0 Å². The van der Waals surface area contributed by atoms with E-state index in [1.54, 1.807) is 24.3 Å². The molecule has 0 saturated carbocycles. The maximum absolute atomic E-state index is 11.2. The van der Waals surface area contributed by atoms with Gasteiger partial charge in [-0.05, 0) is 24.1 Å². The van der Waals surface area contributed by atoms with Crippen LogP contribution in [0.25, 0.3) is 0 Å². The van der Waals surface area contributed by atoms with Gasteiger partial charge in [0.2, 0.25) is 0 Å². The molecule has 2 rings (SSSR count). The summed E-state index contributed by atoms with van der Waals surface area (Å²) in [6, 6.07) is 5.41. The lowest BCUT2D eigenvalue weighted by Gasteiger charge is -2.16. The average molecular weight is 270 g/mol. The summed E-state index contributed by atoms with van der Waals surface area (Å²) in [5, 5.41) is 21.5. The maximum atomic E-state index is 11.2. The molecule has 96 valence electrons. The van der Waals surface area contributed by atoms with Gasteiger partial charge in [-0.25, -0.2) is 0 Å². The quantitative estimate of drug-likeness (QED) is 0.775. The molecule has 0 radical (unpaired) electrons. The highest BCUT2D eigenvalue weighted by Crippen LogP contribution is 2.33. The zero-order chi connectivity index (χ0) is 13.3. The van der Waals surface area contributed by atoms with Crippen molar-refractivity contribution in [2.45, 2.75) is 18.5 Å². The highest BCUT2D eigenvalue weighted by atomic mass is 35.5. The largest absolute Gasteiger partial charge is 0.481 e. The molecule has 3 N–H and O–H groups in total. The number of carboxylic acids is 2. The van der Waals surface area contributed by atoms with Crippen LogP contribution in [0.15, 0.2) is 24.3 Å². The average Bonchev–Trinajstić information content (AvgIpc) is 2.75. The Bertz CT molecular complexity index is 473. The Morgan fingerprint density at radius 2 is 1.78 bits per heavy atom. The van der Waals surface area contributed by atoms with Gasteiger partial charge in [0, 0.05) is 11.1 Å². The molecule has 0 bridgehead atoms. The van der Waals surface area contributed by atoms with E-state index >= 15 is 0 Å². The second kappa shape index (κ2) is 4.96. The van der Waals surface area contributed by atoms with Crippen LogP contribution in [0.1, 0.15) is 18.0 Å². The van der Waals surface area contributed by atoms with Gasteiger partial charge in [0.15, 0.2) is 0 Å². The minimum absolute atomic E-state index is 0.0813. The number of aliphatic carboxylic acids is 2. The molecule has 0 aromatic heterocycles. The third kappa shape index (κ3) is 2.47. The number of nitrogens with one attached hydrogen (secondary N) is 1. The first-order chi connectivity index (χ1) is 8.49. The number of rotatable bonds is 3. The van der Waals surface area contributed by atoms with Gasteiger partial charge in [-0.1, -0.05) is 23.7 Å². The Labute approximate surface area is 108 Å². The predicted molar refractivity (Wildman–Crippen MR) is 64.5 cm³/mol. The molecular formula is C12H12ClNO4. The molecule has 0 aliphatic carbocycles. The van der Waals surface area contributed by atoms with Crippen LogP contribution in [0, 0.1) is 5.92 Å². The summed E-state index contributed by atoms with van der Waals surface area (Å²) < 4.78 is 0. The predicted octanol–water partition coefficient (Wildman–Crippen LogP) is 1.53. The first-order valence-electron chi connectivity index (χ1n) is 5.46. The van der Waals surface area contributed by atoms with Gasteiger partial charge in [0.1, 0.15) is 6.04 Å². The molecule has 0 spiro atoms. The lowest BCUT2D eigenvalue weighted by Crippen LogP contribution is -2.32. The SMILES string of the molecule is O=C(O)C1CC(C(=O)O)C(c2ccc(Cl)cc2)N1. The molecule has 1 heterocycles. The van der Waals surface area contributed by atoms with E-state index in [1.807, 2.05) is 0 Å². The van der Waals surface area contributed by atoms with Crippen LogP contribution in [-0.2, 0) is 9.59 Å². The van der Waals surface area contributed by atoms with E-state index in [4.69, 9.17) is 21.8 Å². The topological polar surface area (TPSA) is 86.6 Å². The van der Waals surface area contributed by atoms with Gasteiger partial charge in [-0.2, -0.15) is 0 Å². The van der Waals surface area contributed by atoms with E-state index in [2.05, 4.69) is 5.32 Å². The Morgan fingerprint density at radius 1 is 1.17 bits per heavy atom. The fourth-order valence-electron chi connectivity index (χ4n) is 2.21. The van der Waals surface area contributed by atoms with E-state index in [0.717, 1.165) is 5.56 Å². The molecule has 3 unspecified atom stereocenters. The zero-order valence-electron chi connectivity index (χ0n) is 9.34. The Balaban J connectivity index is 2.27. The second-order valence-electron chi connectivity index (χ2n) is 4.27. The molecule has 1 fully saturated rings. The van der Waals surface area contributed by atoms with Gasteiger partial charge < -0.3 is 10.2 Å². The first kappa shape index (κ1) is 12.9. The molecule has 18 heavy (non-hydrogen) atoms. The van der Waals surface area contributed by atoms with Gasteiger partial charge in [0.05, 0.1) is 5.92 Å². The fraction of sp³-hybridized carbons (Fsp3) is 0.333. The monoisotopic (exact) mass is 269 g/mol. The van der Waals surface area contributed by atoms with Gasteiger partial charge >= 0.3 is 11.9 Å². The summed E-state index contributed by atoms with van der Waals surface area (Å²) in [5.41, 5.74) is 0.732. The smallest absolute Gasteiger partial charge is 0.320 e. The van der Waals surface area contributed by atoms with Crippen molar-refractivity contribution in [3.63, 3.8) is 0 Å². The molecular weight excluding hydrogens is 258 g/mol. The summed E-state index contributed by atoms with van der Waals surface area (Å²) >= 11 is 5.77. The Hall–Kier alpha value is -1.59. The third-order valence-electron chi connectivity index (χ3n) is 3.12. The molecule has 1 aliphatic rings. The molecule has 1 saturated heterocycles. The first-order valence-corrected chi connectivity index (χ1v) is 5.84. The number of hydrogen-bond acceptors (Lipinski definition) is 3. The van der Waals surface area contributed by atoms with Crippen LogP contribution in [0.2, 0.25) is 5.02 Å². The van der Waals surface area contributed by atoms with Crippen molar-refractivity contribution in [3.8, 4) is 0 Å². The van der Waals surface area contributed by atoms with E-state index in [-0.39, 0.29) is 6.42 Å². The lowest BCUT2D eigenvalue weighted by molar-refractivity contribution is -0.142. The number of carbonyl (C=O) groups is 2. The summed E-state index contributed by atoms with van der Waals surface area (Å²) in [7, 11) is 0. The van der Waals surface area contributed by atoms with E-state index < -0.39 is 29.9 Å². The molecule has 1 aliphatic heterocycles. The number of hydrogen-bond donors (Lipinski definition) is 3. The van der Waals surface area contributed by atoms with E-state index in [1.165, 1.54) is 0 Å². The van der Waals surface area contributed by atoms with Crippen molar-refractivity contribution < 1.29 is 19.8 Å². The number of carboxylic acid groups (broad SMARTS) is 2. The minimum atomic E-state index is -1.03. The normalized spacial score (nSPS) is 27.1. The molecule has 1 aromatic rings. The molecule has 5 nitrogen and oxygen atoms in total. The molecule has 6 heteroatoms. The van der Waals surface area contributed by atoms with Crippen LogP contribution < -0.4 is 5.32 Å². The van der Waals surface area contributed by atoms with Gasteiger partial charge in [-0.15, -0.1) is 0 Å². The molecule has 0 amide bonds. The second-order valence-corrected chi connectivity index (χ2v) is 4.70. The zero-order valence-corrected chi connectivity index (χ0v) is 10.1. The van der Waals surface area contributed by atoms with E-state index in [9.17, 15) is 9.59 Å². The van der Waals surface area contributed by atoms with Gasteiger partial charge in [-0.3, -0.25) is 14.9 Å². The van der Waals surface area contributed by atoms with Crippen molar-refractivity contribution in [1.82, 2.24) is 5.32 Å². The lowest BCUT2D eigenvalue weighted by atomic mass is 9.93. The molecule has 1 aromatic carbocycles. The van der Waals surface area contributed by atoms with Crippen molar-refractivity contribution in [3.05, 3.63) is 34.9 Å². The van der Waals surface area contributed by atoms with E-state index in [0.29, 0.717) is 5.02 Å². The van der Waals surface area contributed by atoms with Crippen LogP contribution in [0.3, 0.4) is 0 Å². The summed E-state index contributed by atoms with van der Waals surface area (Å²) in [6.07, 6.45) is 0.0813. The summed E-state index contributed by atoms with van der Waals surface area (Å²) in [4.78, 5) is 22.1. The van der Waals surface area contributed by atoms with Crippen LogP contribution in [-0.4, -0.2) is 28.2 Å². The standard InChI is InChI=1S/C12H12ClNO4/c13-7-3-1-6(2-4-7)10-8(11(15)16)5-9(14-10)12(17)18/h1-4,8-10,14H,5H2,(H,15,16)(H,17,18). The Kier molecular flexibility index (Phi) is 3.54. The number of benzene rings is 1. The van der Waals surface area contributed by atoms with Crippen molar-refractivity contribution >= 4 is 23.5 Å². The third-order valence-corrected chi connectivity index (χ3v) is 3.37. The van der Waals surface area contributed by atoms with Crippen molar-refractivity contribution in [1.29, 1.82) is 0 Å². The highest BCUT2D eigenvalue weighted by Gasteiger charge is 2.41. The Morgan fingerprint density at radius 3 is 2.28 bits per heavy atom. The maximum Gasteiger partial charge on any atom is 0.320 e. The van der Waals surface area contributed by atoms with Gasteiger partial charge in [0.25, 0.3) is 0 Å². The minimum Gasteiger partial charge on any atom is -0.481 e. The summed E-state index contributed by atoms with van der Waals surface area (Å²) in [6.45, 7) is 0. The van der Waals surface area contributed by atoms with Crippen LogP contribution in [0.5, 0.6) is 0 Å². The fourth-order valence-corrected chi connectivity index (χ4v) is 2.33. The number of halogens is 1. The van der Waals surface area contributed by atoms with Crippen LogP contribution >= 0.6 is 11.6 Å². The highest BCUT2D eigenvalue weighted by molar-refractivity contribution is 6.30. The molecule has 3 atom stereocenters. The van der Waals surface area contributed by atoms with Crippen molar-refractivity contribution in [2.24, 2.45) is 5.92 Å².